The zero-order valence-electron chi connectivity index (χ0n) is 12.7. The summed E-state index contributed by atoms with van der Waals surface area (Å²) in [5, 5.41) is 15.4. The van der Waals surface area contributed by atoms with E-state index in [4.69, 9.17) is 4.74 Å². The summed E-state index contributed by atoms with van der Waals surface area (Å²) in [5.74, 6) is 0.667. The fourth-order valence-electron chi connectivity index (χ4n) is 1.97. The number of urea groups is 1. The van der Waals surface area contributed by atoms with Crippen molar-refractivity contribution in [3.05, 3.63) is 59.7 Å². The number of benzene rings is 2. The SMILES string of the molecule is COc1cccc(C(O)CNC(=O)Nc2ccc(C)cc2)c1. The number of aliphatic hydroxyl groups is 1. The van der Waals surface area contributed by atoms with Gasteiger partial charge in [0.05, 0.1) is 13.2 Å². The second-order valence-electron chi connectivity index (χ2n) is 4.99. The van der Waals surface area contributed by atoms with Crippen molar-refractivity contribution in [1.82, 2.24) is 5.32 Å². The van der Waals surface area contributed by atoms with Crippen molar-refractivity contribution in [2.75, 3.05) is 19.0 Å². The van der Waals surface area contributed by atoms with Crippen LogP contribution < -0.4 is 15.4 Å². The first-order valence-corrected chi connectivity index (χ1v) is 7.02. The highest BCUT2D eigenvalue weighted by molar-refractivity contribution is 5.89. The molecule has 0 spiro atoms. The number of anilines is 1. The van der Waals surface area contributed by atoms with Gasteiger partial charge in [-0.1, -0.05) is 29.8 Å². The summed E-state index contributed by atoms with van der Waals surface area (Å²) in [5.41, 5.74) is 2.52. The molecule has 1 atom stereocenters. The third-order valence-corrected chi connectivity index (χ3v) is 3.24. The van der Waals surface area contributed by atoms with Crippen LogP contribution in [0.2, 0.25) is 0 Å². The average molecular weight is 300 g/mol. The zero-order valence-corrected chi connectivity index (χ0v) is 12.7. The van der Waals surface area contributed by atoms with Gasteiger partial charge in [-0.15, -0.1) is 0 Å². The van der Waals surface area contributed by atoms with E-state index in [1.165, 1.54) is 0 Å². The monoisotopic (exact) mass is 300 g/mol. The van der Waals surface area contributed by atoms with Crippen LogP contribution in [0, 0.1) is 6.92 Å². The highest BCUT2D eigenvalue weighted by atomic mass is 16.5. The van der Waals surface area contributed by atoms with Crippen LogP contribution in [0.5, 0.6) is 5.75 Å². The maximum Gasteiger partial charge on any atom is 0.319 e. The highest BCUT2D eigenvalue weighted by Crippen LogP contribution is 2.18. The first-order valence-electron chi connectivity index (χ1n) is 7.02. The second-order valence-corrected chi connectivity index (χ2v) is 4.99. The molecule has 3 N–H and O–H groups in total. The van der Waals surface area contributed by atoms with Gasteiger partial charge < -0.3 is 20.5 Å². The quantitative estimate of drug-likeness (QED) is 0.795. The molecule has 5 nitrogen and oxygen atoms in total. The van der Waals surface area contributed by atoms with Crippen LogP contribution in [0.25, 0.3) is 0 Å². The molecule has 0 aliphatic rings. The number of ether oxygens (including phenoxy) is 1. The van der Waals surface area contributed by atoms with Crippen molar-refractivity contribution >= 4 is 11.7 Å². The number of aliphatic hydroxyl groups excluding tert-OH is 1. The summed E-state index contributed by atoms with van der Waals surface area (Å²) < 4.78 is 5.11. The number of carbonyl (C=O) groups is 1. The van der Waals surface area contributed by atoms with Gasteiger partial charge in [0.15, 0.2) is 0 Å². The van der Waals surface area contributed by atoms with Crippen LogP contribution in [-0.2, 0) is 0 Å². The van der Waals surface area contributed by atoms with Crippen LogP contribution in [0.15, 0.2) is 48.5 Å². The smallest absolute Gasteiger partial charge is 0.319 e. The van der Waals surface area contributed by atoms with Crippen molar-refractivity contribution in [1.29, 1.82) is 0 Å². The summed E-state index contributed by atoms with van der Waals surface area (Å²) >= 11 is 0. The Bertz CT molecular complexity index is 626. The maximum atomic E-state index is 11.8. The molecule has 0 fully saturated rings. The van der Waals surface area contributed by atoms with Crippen LogP contribution in [0.3, 0.4) is 0 Å². The molecule has 0 heterocycles. The van der Waals surface area contributed by atoms with Crippen LogP contribution in [-0.4, -0.2) is 24.8 Å². The second kappa shape index (κ2) is 7.47. The summed E-state index contributed by atoms with van der Waals surface area (Å²) in [7, 11) is 1.57. The van der Waals surface area contributed by atoms with Crippen LogP contribution in [0.1, 0.15) is 17.2 Å². The summed E-state index contributed by atoms with van der Waals surface area (Å²) in [6.07, 6.45) is -0.793. The highest BCUT2D eigenvalue weighted by Gasteiger charge is 2.10. The minimum Gasteiger partial charge on any atom is -0.497 e. The molecule has 0 aliphatic carbocycles. The number of hydrogen-bond donors (Lipinski definition) is 3. The molecular formula is C17H20N2O3. The van der Waals surface area contributed by atoms with Gasteiger partial charge >= 0.3 is 6.03 Å². The van der Waals surface area contributed by atoms with E-state index < -0.39 is 6.10 Å². The Kier molecular flexibility index (Phi) is 5.38. The van der Waals surface area contributed by atoms with Crippen molar-refractivity contribution < 1.29 is 14.6 Å². The molecule has 2 rings (SSSR count). The van der Waals surface area contributed by atoms with E-state index in [2.05, 4.69) is 10.6 Å². The van der Waals surface area contributed by atoms with Crippen molar-refractivity contribution in [2.45, 2.75) is 13.0 Å². The lowest BCUT2D eigenvalue weighted by Gasteiger charge is -2.14. The van der Waals surface area contributed by atoms with Gasteiger partial charge in [0.1, 0.15) is 5.75 Å². The minimum absolute atomic E-state index is 0.116. The molecule has 22 heavy (non-hydrogen) atoms. The first-order chi connectivity index (χ1) is 10.6. The number of nitrogens with one attached hydrogen (secondary N) is 2. The lowest BCUT2D eigenvalue weighted by molar-refractivity contribution is 0.175. The molecule has 0 aromatic heterocycles. The molecule has 1 unspecified atom stereocenters. The Balaban J connectivity index is 1.86. The maximum absolute atomic E-state index is 11.8. The predicted octanol–water partition coefficient (Wildman–Crippen LogP) is 2.86. The van der Waals surface area contributed by atoms with Gasteiger partial charge in [0.25, 0.3) is 0 Å². The molecule has 2 aromatic rings. The van der Waals surface area contributed by atoms with E-state index in [-0.39, 0.29) is 12.6 Å². The lowest BCUT2D eigenvalue weighted by Crippen LogP contribution is -2.32. The molecular weight excluding hydrogens is 280 g/mol. The van der Waals surface area contributed by atoms with E-state index >= 15 is 0 Å². The first kappa shape index (κ1) is 15.9. The van der Waals surface area contributed by atoms with Crippen LogP contribution in [0.4, 0.5) is 10.5 Å². The third-order valence-electron chi connectivity index (χ3n) is 3.24. The largest absolute Gasteiger partial charge is 0.497 e. The van der Waals surface area contributed by atoms with Gasteiger partial charge in [0, 0.05) is 12.2 Å². The van der Waals surface area contributed by atoms with Crippen molar-refractivity contribution in [3.63, 3.8) is 0 Å². The van der Waals surface area contributed by atoms with Gasteiger partial charge in [-0.25, -0.2) is 4.79 Å². The third kappa shape index (κ3) is 4.49. The summed E-state index contributed by atoms with van der Waals surface area (Å²) in [4.78, 5) is 11.8. The van der Waals surface area contributed by atoms with Crippen LogP contribution >= 0.6 is 0 Å². The number of amides is 2. The number of methoxy groups -OCH3 is 1. The standard InChI is InChI=1S/C17H20N2O3/c1-12-6-8-14(9-7-12)19-17(21)18-11-16(20)13-4-3-5-15(10-13)22-2/h3-10,16,20H,11H2,1-2H3,(H2,18,19,21). The number of carbonyl (C=O) groups excluding carboxylic acids is 1. The minimum atomic E-state index is -0.793. The zero-order chi connectivity index (χ0) is 15.9. The van der Waals surface area contributed by atoms with Crippen molar-refractivity contribution in [3.8, 4) is 5.75 Å². The molecule has 0 saturated carbocycles. The Hall–Kier alpha value is -2.53. The van der Waals surface area contributed by atoms with Crippen molar-refractivity contribution in [2.24, 2.45) is 0 Å². The van der Waals surface area contributed by atoms with E-state index in [1.807, 2.05) is 31.2 Å². The molecule has 0 radical (unpaired) electrons. The Labute approximate surface area is 129 Å². The topological polar surface area (TPSA) is 70.6 Å². The van der Waals surface area contributed by atoms with Gasteiger partial charge in [-0.2, -0.15) is 0 Å². The molecule has 0 saturated heterocycles. The fourth-order valence-corrected chi connectivity index (χ4v) is 1.97. The van der Waals surface area contributed by atoms with Gasteiger partial charge in [0.2, 0.25) is 0 Å². The Morgan fingerprint density at radius 3 is 2.64 bits per heavy atom. The Morgan fingerprint density at radius 2 is 1.95 bits per heavy atom. The lowest BCUT2D eigenvalue weighted by atomic mass is 10.1. The predicted molar refractivity (Wildman–Crippen MR) is 86.2 cm³/mol. The molecule has 2 aromatic carbocycles. The molecule has 0 bridgehead atoms. The van der Waals surface area contributed by atoms with Gasteiger partial charge in [-0.3, -0.25) is 0 Å². The molecule has 2 amide bonds. The molecule has 0 aliphatic heterocycles. The molecule has 116 valence electrons. The van der Waals surface area contributed by atoms with E-state index in [9.17, 15) is 9.90 Å². The normalized spacial score (nSPS) is 11.6. The number of aryl methyl sites for hydroxylation is 1. The fraction of sp³-hybridized carbons (Fsp3) is 0.235. The summed E-state index contributed by atoms with van der Waals surface area (Å²) in [6, 6.07) is 14.3. The van der Waals surface area contributed by atoms with E-state index in [1.54, 1.807) is 31.4 Å². The number of hydrogen-bond acceptors (Lipinski definition) is 3. The van der Waals surface area contributed by atoms with E-state index in [0.717, 1.165) is 5.56 Å². The number of rotatable bonds is 5. The average Bonchev–Trinajstić information content (AvgIpc) is 2.55. The molecule has 5 heteroatoms. The van der Waals surface area contributed by atoms with E-state index in [0.29, 0.717) is 17.0 Å². The summed E-state index contributed by atoms with van der Waals surface area (Å²) in [6.45, 7) is 2.10. The van der Waals surface area contributed by atoms with Gasteiger partial charge in [-0.05, 0) is 36.8 Å². The Morgan fingerprint density at radius 1 is 1.23 bits per heavy atom.